The van der Waals surface area contributed by atoms with Gasteiger partial charge in [0.15, 0.2) is 0 Å². The zero-order valence-electron chi connectivity index (χ0n) is 9.33. The monoisotopic (exact) mass is 241 g/mol. The summed E-state index contributed by atoms with van der Waals surface area (Å²) in [6.45, 7) is 3.67. The largest absolute Gasteiger partial charge is 0.380 e. The van der Waals surface area contributed by atoms with Gasteiger partial charge in [0.25, 0.3) is 5.91 Å². The van der Waals surface area contributed by atoms with Crippen LogP contribution in [0.5, 0.6) is 0 Å². The summed E-state index contributed by atoms with van der Waals surface area (Å²) in [6, 6.07) is 7.25. The molecule has 1 aromatic carbocycles. The van der Waals surface area contributed by atoms with Gasteiger partial charge >= 0.3 is 0 Å². The van der Waals surface area contributed by atoms with Crippen LogP contribution in [-0.4, -0.2) is 25.7 Å². The third-order valence-electron chi connectivity index (χ3n) is 2.11. The van der Waals surface area contributed by atoms with Gasteiger partial charge in [0.2, 0.25) is 0 Å². The minimum Gasteiger partial charge on any atom is -0.380 e. The van der Waals surface area contributed by atoms with Crippen LogP contribution in [0.2, 0.25) is 0 Å². The predicted molar refractivity (Wildman–Crippen MR) is 64.8 cm³/mol. The highest BCUT2D eigenvalue weighted by Crippen LogP contribution is 2.06. The smallest absolute Gasteiger partial charge is 0.251 e. The first-order chi connectivity index (χ1) is 7.77. The standard InChI is InChI=1S/C12H16ClNO2/c1-2-16-8-7-14-12(15)11-5-3-10(9-13)4-6-11/h3-6H,2,7-9H2,1H3,(H,14,15). The predicted octanol–water partition coefficient (Wildman–Crippen LogP) is 2.19. The summed E-state index contributed by atoms with van der Waals surface area (Å²) in [5.74, 6) is 0.382. The molecule has 0 radical (unpaired) electrons. The van der Waals surface area contributed by atoms with Gasteiger partial charge in [0.05, 0.1) is 6.61 Å². The summed E-state index contributed by atoms with van der Waals surface area (Å²) in [5, 5.41) is 2.77. The Bertz CT molecular complexity index is 324. The van der Waals surface area contributed by atoms with E-state index in [1.807, 2.05) is 19.1 Å². The minimum absolute atomic E-state index is 0.0826. The van der Waals surface area contributed by atoms with Gasteiger partial charge in [-0.15, -0.1) is 11.6 Å². The van der Waals surface area contributed by atoms with Crippen molar-refractivity contribution in [3.05, 3.63) is 35.4 Å². The maximum absolute atomic E-state index is 11.6. The summed E-state index contributed by atoms with van der Waals surface area (Å²) in [5.41, 5.74) is 1.65. The van der Waals surface area contributed by atoms with Crippen LogP contribution in [0.1, 0.15) is 22.8 Å². The third-order valence-corrected chi connectivity index (χ3v) is 2.42. The molecule has 3 nitrogen and oxygen atoms in total. The van der Waals surface area contributed by atoms with E-state index in [2.05, 4.69) is 5.32 Å². The second kappa shape index (κ2) is 7.25. The van der Waals surface area contributed by atoms with E-state index in [4.69, 9.17) is 16.3 Å². The summed E-state index contributed by atoms with van der Waals surface area (Å²) in [6.07, 6.45) is 0. The summed E-state index contributed by atoms with van der Waals surface area (Å²) in [7, 11) is 0. The fraction of sp³-hybridized carbons (Fsp3) is 0.417. The molecule has 0 aliphatic rings. The molecule has 0 saturated heterocycles. The van der Waals surface area contributed by atoms with E-state index >= 15 is 0 Å². The molecule has 16 heavy (non-hydrogen) atoms. The maximum Gasteiger partial charge on any atom is 0.251 e. The van der Waals surface area contributed by atoms with Crippen LogP contribution in [0.4, 0.5) is 0 Å². The molecule has 0 atom stereocenters. The Balaban J connectivity index is 2.40. The SMILES string of the molecule is CCOCCNC(=O)c1ccc(CCl)cc1. The van der Waals surface area contributed by atoms with Crippen LogP contribution in [0.15, 0.2) is 24.3 Å². The Hall–Kier alpha value is -1.06. The minimum atomic E-state index is -0.0826. The van der Waals surface area contributed by atoms with Crippen molar-refractivity contribution in [2.75, 3.05) is 19.8 Å². The van der Waals surface area contributed by atoms with Crippen molar-refractivity contribution in [3.8, 4) is 0 Å². The third kappa shape index (κ3) is 4.21. The maximum atomic E-state index is 11.6. The number of halogens is 1. The van der Waals surface area contributed by atoms with Crippen LogP contribution in [0.25, 0.3) is 0 Å². The van der Waals surface area contributed by atoms with Crippen LogP contribution >= 0.6 is 11.6 Å². The zero-order chi connectivity index (χ0) is 11.8. The average molecular weight is 242 g/mol. The Labute approximate surface area is 101 Å². The molecule has 0 aromatic heterocycles. The van der Waals surface area contributed by atoms with Gasteiger partial charge in [-0.2, -0.15) is 0 Å². The molecule has 0 unspecified atom stereocenters. The molecular formula is C12H16ClNO2. The Morgan fingerprint density at radius 3 is 2.62 bits per heavy atom. The van der Waals surface area contributed by atoms with E-state index in [1.54, 1.807) is 12.1 Å². The topological polar surface area (TPSA) is 38.3 Å². The van der Waals surface area contributed by atoms with E-state index < -0.39 is 0 Å². The first-order valence-corrected chi connectivity index (χ1v) is 5.82. The molecule has 0 saturated carbocycles. The second-order valence-corrected chi connectivity index (χ2v) is 3.55. The molecule has 4 heteroatoms. The van der Waals surface area contributed by atoms with E-state index in [1.165, 1.54) is 0 Å². The lowest BCUT2D eigenvalue weighted by atomic mass is 10.1. The van der Waals surface area contributed by atoms with Crippen molar-refractivity contribution in [2.45, 2.75) is 12.8 Å². The van der Waals surface area contributed by atoms with E-state index in [9.17, 15) is 4.79 Å². The number of carbonyl (C=O) groups is 1. The number of ether oxygens (including phenoxy) is 1. The lowest BCUT2D eigenvalue weighted by molar-refractivity contribution is 0.0922. The lowest BCUT2D eigenvalue weighted by Gasteiger charge is -2.05. The Morgan fingerprint density at radius 2 is 2.06 bits per heavy atom. The summed E-state index contributed by atoms with van der Waals surface area (Å²) < 4.78 is 5.12. The molecule has 1 amide bonds. The normalized spacial score (nSPS) is 10.1. The highest BCUT2D eigenvalue weighted by Gasteiger charge is 2.03. The van der Waals surface area contributed by atoms with Crippen molar-refractivity contribution in [3.63, 3.8) is 0 Å². The number of hydrogen-bond donors (Lipinski definition) is 1. The van der Waals surface area contributed by atoms with Gasteiger partial charge < -0.3 is 10.1 Å². The van der Waals surface area contributed by atoms with E-state index in [0.29, 0.717) is 31.2 Å². The fourth-order valence-electron chi connectivity index (χ4n) is 1.23. The van der Waals surface area contributed by atoms with Crippen LogP contribution in [0.3, 0.4) is 0 Å². The molecule has 0 bridgehead atoms. The molecule has 0 spiro atoms. The van der Waals surface area contributed by atoms with Crippen molar-refractivity contribution < 1.29 is 9.53 Å². The van der Waals surface area contributed by atoms with Crippen molar-refractivity contribution >= 4 is 17.5 Å². The van der Waals surface area contributed by atoms with E-state index in [-0.39, 0.29) is 5.91 Å². The van der Waals surface area contributed by atoms with Crippen LogP contribution in [0, 0.1) is 0 Å². The average Bonchev–Trinajstić information content (AvgIpc) is 2.34. The number of nitrogens with one attached hydrogen (secondary N) is 1. The highest BCUT2D eigenvalue weighted by molar-refractivity contribution is 6.17. The Kier molecular flexibility index (Phi) is 5.90. The number of alkyl halides is 1. The summed E-state index contributed by atoms with van der Waals surface area (Å²) in [4.78, 5) is 11.6. The number of rotatable bonds is 6. The van der Waals surface area contributed by atoms with E-state index in [0.717, 1.165) is 5.56 Å². The van der Waals surface area contributed by atoms with Gasteiger partial charge in [0.1, 0.15) is 0 Å². The van der Waals surface area contributed by atoms with Crippen molar-refractivity contribution in [1.29, 1.82) is 0 Å². The first kappa shape index (κ1) is 13.0. The van der Waals surface area contributed by atoms with Gasteiger partial charge in [-0.05, 0) is 24.6 Å². The molecule has 88 valence electrons. The quantitative estimate of drug-likeness (QED) is 0.613. The zero-order valence-corrected chi connectivity index (χ0v) is 10.1. The molecule has 0 aliphatic heterocycles. The first-order valence-electron chi connectivity index (χ1n) is 5.28. The van der Waals surface area contributed by atoms with Crippen LogP contribution < -0.4 is 5.32 Å². The van der Waals surface area contributed by atoms with Crippen molar-refractivity contribution in [2.24, 2.45) is 0 Å². The van der Waals surface area contributed by atoms with Crippen molar-refractivity contribution in [1.82, 2.24) is 5.32 Å². The fourth-order valence-corrected chi connectivity index (χ4v) is 1.41. The Morgan fingerprint density at radius 1 is 1.38 bits per heavy atom. The van der Waals surface area contributed by atoms with Gasteiger partial charge in [0, 0.05) is 24.6 Å². The number of carbonyl (C=O) groups excluding carboxylic acids is 1. The molecular weight excluding hydrogens is 226 g/mol. The van der Waals surface area contributed by atoms with Gasteiger partial charge in [-0.1, -0.05) is 12.1 Å². The van der Waals surface area contributed by atoms with Gasteiger partial charge in [-0.25, -0.2) is 0 Å². The summed E-state index contributed by atoms with van der Waals surface area (Å²) >= 11 is 5.66. The molecule has 0 heterocycles. The lowest BCUT2D eigenvalue weighted by Crippen LogP contribution is -2.27. The molecule has 0 aliphatic carbocycles. The van der Waals surface area contributed by atoms with Gasteiger partial charge in [-0.3, -0.25) is 4.79 Å². The highest BCUT2D eigenvalue weighted by atomic mass is 35.5. The number of benzene rings is 1. The molecule has 1 rings (SSSR count). The molecule has 1 aromatic rings. The second-order valence-electron chi connectivity index (χ2n) is 3.28. The number of hydrogen-bond acceptors (Lipinski definition) is 2. The number of amides is 1. The van der Waals surface area contributed by atoms with Crippen LogP contribution in [-0.2, 0) is 10.6 Å². The molecule has 0 fully saturated rings. The molecule has 1 N–H and O–H groups in total.